The predicted octanol–water partition coefficient (Wildman–Crippen LogP) is 6.26. The molecule has 0 saturated heterocycles. The Morgan fingerprint density at radius 2 is 1.79 bits per heavy atom. The van der Waals surface area contributed by atoms with Crippen LogP contribution in [0.2, 0.25) is 5.02 Å². The molecular weight excluding hydrogens is 641 g/mol. The van der Waals surface area contributed by atoms with Gasteiger partial charge in [0.15, 0.2) is 16.3 Å². The maximum absolute atomic E-state index is 14.2. The first-order chi connectivity index (χ1) is 22.7. The number of aromatic nitrogens is 1. The molecule has 238 valence electrons. The van der Waals surface area contributed by atoms with E-state index in [9.17, 15) is 14.0 Å². The molecule has 4 aromatic carbocycles. The van der Waals surface area contributed by atoms with Gasteiger partial charge in [0.1, 0.15) is 18.2 Å². The third-order valence-corrected chi connectivity index (χ3v) is 8.82. The van der Waals surface area contributed by atoms with Crippen LogP contribution in [0, 0.1) is 5.82 Å². The van der Waals surface area contributed by atoms with Crippen LogP contribution in [-0.2, 0) is 11.4 Å². The number of halogens is 2. The van der Waals surface area contributed by atoms with E-state index in [-0.39, 0.29) is 28.9 Å². The van der Waals surface area contributed by atoms with Crippen molar-refractivity contribution in [1.29, 1.82) is 0 Å². The third kappa shape index (κ3) is 6.70. The summed E-state index contributed by atoms with van der Waals surface area (Å²) in [5, 5.41) is 3.22. The molecule has 2 heterocycles. The number of methoxy groups -OCH3 is 2. The lowest BCUT2D eigenvalue weighted by Gasteiger charge is -2.25. The lowest BCUT2D eigenvalue weighted by Crippen LogP contribution is -2.40. The van der Waals surface area contributed by atoms with Gasteiger partial charge in [-0.3, -0.25) is 14.2 Å². The number of amides is 1. The highest BCUT2D eigenvalue weighted by atomic mass is 35.5. The molecule has 0 bridgehead atoms. The van der Waals surface area contributed by atoms with Crippen LogP contribution in [0.25, 0.3) is 6.08 Å². The van der Waals surface area contributed by atoms with Gasteiger partial charge in [-0.2, -0.15) is 0 Å². The zero-order valence-corrected chi connectivity index (χ0v) is 27.2. The van der Waals surface area contributed by atoms with Gasteiger partial charge in [0.2, 0.25) is 0 Å². The highest BCUT2D eigenvalue weighted by Crippen LogP contribution is 2.37. The Balaban J connectivity index is 1.41. The molecular formula is C36H29ClFN3O5S. The SMILES string of the molecule is COc1cccc([C@@H]2C(C(=O)Nc3ccccc3)=C(C)N=c3s/c(=C\c4cc(Cl)c(OCc5ccc(F)cc5)c(OC)c4)c(=O)n32)c1. The van der Waals surface area contributed by atoms with E-state index in [1.807, 2.05) is 36.4 Å². The highest BCUT2D eigenvalue weighted by molar-refractivity contribution is 7.07. The Hall–Kier alpha value is -5.19. The first-order valence-corrected chi connectivity index (χ1v) is 15.7. The van der Waals surface area contributed by atoms with Gasteiger partial charge in [-0.15, -0.1) is 0 Å². The van der Waals surface area contributed by atoms with Gasteiger partial charge < -0.3 is 19.5 Å². The Morgan fingerprint density at radius 1 is 1.02 bits per heavy atom. The van der Waals surface area contributed by atoms with E-state index in [4.69, 9.17) is 30.8 Å². The summed E-state index contributed by atoms with van der Waals surface area (Å²) in [4.78, 5) is 33.1. The second kappa shape index (κ2) is 13.7. The zero-order valence-electron chi connectivity index (χ0n) is 25.6. The fourth-order valence-electron chi connectivity index (χ4n) is 5.31. The van der Waals surface area contributed by atoms with Gasteiger partial charge in [-0.1, -0.05) is 65.4 Å². The normalized spacial score (nSPS) is 14.3. The summed E-state index contributed by atoms with van der Waals surface area (Å²) in [5.41, 5.74) is 3.17. The highest BCUT2D eigenvalue weighted by Gasteiger charge is 2.33. The first kappa shape index (κ1) is 31.8. The minimum Gasteiger partial charge on any atom is -0.497 e. The van der Waals surface area contributed by atoms with Crippen LogP contribution in [-0.4, -0.2) is 24.7 Å². The van der Waals surface area contributed by atoms with Crippen LogP contribution in [0.15, 0.2) is 112 Å². The fraction of sp³-hybridized carbons (Fsp3) is 0.139. The number of hydrogen-bond donors (Lipinski definition) is 1. The summed E-state index contributed by atoms with van der Waals surface area (Å²) in [7, 11) is 3.06. The van der Waals surface area contributed by atoms with E-state index in [0.717, 1.165) is 5.56 Å². The van der Waals surface area contributed by atoms with Crippen LogP contribution in [0.4, 0.5) is 10.1 Å². The van der Waals surface area contributed by atoms with Gasteiger partial charge in [0, 0.05) is 5.69 Å². The molecule has 1 aromatic heterocycles. The number of thiazole rings is 1. The summed E-state index contributed by atoms with van der Waals surface area (Å²) in [6.45, 7) is 1.91. The summed E-state index contributed by atoms with van der Waals surface area (Å²) in [6, 6.07) is 25.0. The Morgan fingerprint density at radius 3 is 2.51 bits per heavy atom. The van der Waals surface area contributed by atoms with Crippen molar-refractivity contribution in [1.82, 2.24) is 4.57 Å². The summed E-state index contributed by atoms with van der Waals surface area (Å²) < 4.78 is 32.2. The van der Waals surface area contributed by atoms with E-state index < -0.39 is 6.04 Å². The van der Waals surface area contributed by atoms with Crippen molar-refractivity contribution in [3.05, 3.63) is 149 Å². The van der Waals surface area contributed by atoms with Crippen molar-refractivity contribution in [3.63, 3.8) is 0 Å². The molecule has 1 amide bonds. The molecule has 1 atom stereocenters. The van der Waals surface area contributed by atoms with Crippen molar-refractivity contribution >= 4 is 40.6 Å². The number of allylic oxidation sites excluding steroid dienone is 1. The number of nitrogens with zero attached hydrogens (tertiary/aromatic N) is 2. The van der Waals surface area contributed by atoms with Crippen LogP contribution in [0.3, 0.4) is 0 Å². The maximum Gasteiger partial charge on any atom is 0.271 e. The number of carbonyl (C=O) groups excluding carboxylic acids is 1. The number of rotatable bonds is 9. The number of ether oxygens (including phenoxy) is 3. The van der Waals surface area contributed by atoms with E-state index in [2.05, 4.69) is 5.32 Å². The number of nitrogens with one attached hydrogen (secondary N) is 1. The summed E-state index contributed by atoms with van der Waals surface area (Å²) >= 11 is 7.84. The largest absolute Gasteiger partial charge is 0.497 e. The predicted molar refractivity (Wildman–Crippen MR) is 181 cm³/mol. The zero-order chi connectivity index (χ0) is 33.1. The molecule has 11 heteroatoms. The molecule has 0 spiro atoms. The van der Waals surface area contributed by atoms with Crippen LogP contribution >= 0.6 is 22.9 Å². The Labute approximate surface area is 278 Å². The fourth-order valence-corrected chi connectivity index (χ4v) is 6.63. The maximum atomic E-state index is 14.2. The molecule has 8 nitrogen and oxygen atoms in total. The van der Waals surface area contributed by atoms with E-state index in [0.29, 0.717) is 54.7 Å². The quantitative estimate of drug-likeness (QED) is 0.200. The number of carbonyl (C=O) groups is 1. The van der Waals surface area contributed by atoms with Gasteiger partial charge in [-0.25, -0.2) is 9.38 Å². The van der Waals surface area contributed by atoms with Crippen molar-refractivity contribution in [2.24, 2.45) is 4.99 Å². The van der Waals surface area contributed by atoms with E-state index in [1.165, 1.54) is 35.1 Å². The molecule has 0 unspecified atom stereocenters. The number of fused-ring (bicyclic) bond motifs is 1. The van der Waals surface area contributed by atoms with Crippen molar-refractivity contribution in [2.45, 2.75) is 19.6 Å². The van der Waals surface area contributed by atoms with Crippen LogP contribution in [0.5, 0.6) is 17.2 Å². The average molecular weight is 670 g/mol. The lowest BCUT2D eigenvalue weighted by atomic mass is 9.95. The minimum atomic E-state index is -0.771. The molecule has 1 aliphatic heterocycles. The van der Waals surface area contributed by atoms with Gasteiger partial charge in [-0.05, 0) is 78.2 Å². The molecule has 1 N–H and O–H groups in total. The summed E-state index contributed by atoms with van der Waals surface area (Å²) in [5.74, 6) is 0.567. The van der Waals surface area contributed by atoms with Gasteiger partial charge in [0.05, 0.1) is 41.1 Å². The average Bonchev–Trinajstić information content (AvgIpc) is 3.37. The molecule has 47 heavy (non-hydrogen) atoms. The smallest absolute Gasteiger partial charge is 0.271 e. The molecule has 6 rings (SSSR count). The van der Waals surface area contributed by atoms with E-state index >= 15 is 0 Å². The van der Waals surface area contributed by atoms with Crippen molar-refractivity contribution in [3.8, 4) is 17.2 Å². The van der Waals surface area contributed by atoms with E-state index in [1.54, 1.807) is 62.6 Å². The number of para-hydroxylation sites is 1. The first-order valence-electron chi connectivity index (χ1n) is 14.5. The Kier molecular flexibility index (Phi) is 9.24. The topological polar surface area (TPSA) is 91.2 Å². The lowest BCUT2D eigenvalue weighted by molar-refractivity contribution is -0.113. The monoisotopic (exact) mass is 669 g/mol. The standard InChI is InChI=1S/C36H29ClFN3O5S/c1-21-31(34(42)40-26-9-5-4-6-10-26)32(24-8-7-11-27(19-24)44-2)41-35(43)30(47-36(41)39-21)18-23-16-28(37)33(29(17-23)45-3)46-20-22-12-14-25(38)15-13-22/h4-19,32H,20H2,1-3H3,(H,40,42)/b30-18-/t32-/m1/s1. The Bertz CT molecular complexity index is 2180. The van der Waals surface area contributed by atoms with Crippen molar-refractivity contribution < 1.29 is 23.4 Å². The van der Waals surface area contributed by atoms with Crippen LogP contribution in [0.1, 0.15) is 29.7 Å². The second-order valence-corrected chi connectivity index (χ2v) is 12.0. The molecule has 0 fully saturated rings. The molecule has 0 radical (unpaired) electrons. The van der Waals surface area contributed by atoms with Gasteiger partial charge in [0.25, 0.3) is 11.5 Å². The van der Waals surface area contributed by atoms with Gasteiger partial charge >= 0.3 is 0 Å². The summed E-state index contributed by atoms with van der Waals surface area (Å²) in [6.07, 6.45) is 1.70. The number of anilines is 1. The van der Waals surface area contributed by atoms with Crippen molar-refractivity contribution in [2.75, 3.05) is 19.5 Å². The number of benzene rings is 4. The number of hydrogen-bond acceptors (Lipinski definition) is 7. The molecule has 0 aliphatic carbocycles. The third-order valence-electron chi connectivity index (χ3n) is 7.55. The molecule has 1 aliphatic rings. The molecule has 0 saturated carbocycles. The van der Waals surface area contributed by atoms with Crippen LogP contribution < -0.4 is 34.4 Å². The molecule has 5 aromatic rings. The minimum absolute atomic E-state index is 0.151. The second-order valence-electron chi connectivity index (χ2n) is 10.6.